The van der Waals surface area contributed by atoms with Gasteiger partial charge in [0.25, 0.3) is 0 Å². The maximum atomic E-state index is 3.36. The Bertz CT molecular complexity index is 1070. The van der Waals surface area contributed by atoms with Gasteiger partial charge in [-0.1, -0.05) is 75.9 Å². The minimum atomic E-state index is 0. The van der Waals surface area contributed by atoms with E-state index in [1.54, 1.807) is 23.3 Å². The summed E-state index contributed by atoms with van der Waals surface area (Å²) >= 11 is 1.74. The van der Waals surface area contributed by atoms with E-state index in [1.165, 1.54) is 57.0 Å². The third kappa shape index (κ3) is 9.77. The van der Waals surface area contributed by atoms with E-state index < -0.39 is 0 Å². The van der Waals surface area contributed by atoms with Crippen molar-refractivity contribution in [2.24, 2.45) is 5.92 Å². The van der Waals surface area contributed by atoms with Crippen LogP contribution in [0.5, 0.6) is 0 Å². The largest absolute Gasteiger partial charge is 1.00 e. The molecule has 0 spiro atoms. The van der Waals surface area contributed by atoms with Gasteiger partial charge in [0, 0.05) is 0 Å². The fourth-order valence-electron chi connectivity index (χ4n) is 3.70. The molecule has 0 heterocycles. The first-order valence-corrected chi connectivity index (χ1v) is 17.5. The van der Waals surface area contributed by atoms with Crippen LogP contribution in [0.25, 0.3) is 21.9 Å². The summed E-state index contributed by atoms with van der Waals surface area (Å²) < 4.78 is 0. The first-order valence-electron chi connectivity index (χ1n) is 11.3. The number of hydrogen-bond acceptors (Lipinski definition) is 0. The molecule has 176 valence electrons. The zero-order valence-corrected chi connectivity index (χ0v) is 26.0. The SMILES string of the molecule is CC1=[C-]C(C)C(C)=C1C.CCCc1ccc(-c2c[cH-]c3ccccc23)cc1.C[Si](C)=[Zr+2].[Cl-].[Cl-]. The standard InChI is InChI=1S/C18H17.C9H13.C2H6Si.2ClH.Zr/c1-2-5-14-8-10-16(11-9-14)18-13-12-15-6-3-4-7-17(15)18;1-6-5-7(2)9(4)8(6)3;1-3-2;;;/h3-4,6-13H,2,5H2,1H3;6H,1-4H3;1-2H3;2*1H;/q2*-1;;;;+2/p-2. The molecule has 0 amide bonds. The minimum absolute atomic E-state index is 0. The van der Waals surface area contributed by atoms with E-state index in [4.69, 9.17) is 0 Å². The molecule has 3 aromatic rings. The topological polar surface area (TPSA) is 0 Å². The Balaban J connectivity index is 0.000000580. The summed E-state index contributed by atoms with van der Waals surface area (Å²) in [4.78, 5) is 0. The molecular formula is C29H36Cl2SiZr-2. The van der Waals surface area contributed by atoms with Gasteiger partial charge in [0.15, 0.2) is 0 Å². The van der Waals surface area contributed by atoms with Gasteiger partial charge in [-0.3, -0.25) is 6.08 Å². The molecule has 1 atom stereocenters. The smallest absolute Gasteiger partial charge is 1.00 e. The number of halogens is 2. The summed E-state index contributed by atoms with van der Waals surface area (Å²) in [5.41, 5.74) is 8.54. The minimum Gasteiger partial charge on any atom is -1.00 e. The molecule has 4 rings (SSSR count). The Hall–Kier alpha value is -0.790. The maximum absolute atomic E-state index is 3.36. The van der Waals surface area contributed by atoms with Gasteiger partial charge in [-0.05, 0) is 12.0 Å². The van der Waals surface area contributed by atoms with Crippen LogP contribution in [-0.2, 0) is 29.8 Å². The van der Waals surface area contributed by atoms with Crippen LogP contribution >= 0.6 is 0 Å². The fourth-order valence-corrected chi connectivity index (χ4v) is 3.70. The molecule has 1 unspecified atom stereocenters. The molecule has 1 aliphatic carbocycles. The van der Waals surface area contributed by atoms with Crippen molar-refractivity contribution >= 4 is 16.2 Å². The Morgan fingerprint density at radius 2 is 1.55 bits per heavy atom. The monoisotopic (exact) mass is 572 g/mol. The van der Waals surface area contributed by atoms with Gasteiger partial charge >= 0.3 is 41.9 Å². The third-order valence-electron chi connectivity index (χ3n) is 5.72. The number of allylic oxidation sites excluding steroid dienone is 4. The Morgan fingerprint density at radius 1 is 0.970 bits per heavy atom. The summed E-state index contributed by atoms with van der Waals surface area (Å²) in [6.07, 6.45) is 5.73. The zero-order chi connectivity index (χ0) is 23.0. The molecule has 33 heavy (non-hydrogen) atoms. The molecule has 0 radical (unpaired) electrons. The third-order valence-corrected chi connectivity index (χ3v) is 5.72. The second-order valence-electron chi connectivity index (χ2n) is 8.58. The summed E-state index contributed by atoms with van der Waals surface area (Å²) in [5.74, 6) is 0.560. The van der Waals surface area contributed by atoms with Crippen molar-refractivity contribution < 1.29 is 48.1 Å². The first-order chi connectivity index (χ1) is 14.7. The van der Waals surface area contributed by atoms with E-state index in [0.29, 0.717) is 5.92 Å². The Morgan fingerprint density at radius 3 is 2.00 bits per heavy atom. The quantitative estimate of drug-likeness (QED) is 0.334. The molecule has 3 aromatic carbocycles. The molecule has 0 bridgehead atoms. The number of hydrogen-bond donors (Lipinski definition) is 0. The molecule has 0 nitrogen and oxygen atoms in total. The van der Waals surface area contributed by atoms with Crippen LogP contribution in [-0.4, -0.2) is 5.43 Å². The van der Waals surface area contributed by atoms with Gasteiger partial charge < -0.3 is 24.8 Å². The van der Waals surface area contributed by atoms with E-state index in [-0.39, 0.29) is 30.2 Å². The maximum Gasteiger partial charge on any atom is -1.00 e. The van der Waals surface area contributed by atoms with E-state index in [9.17, 15) is 0 Å². The average molecular weight is 575 g/mol. The van der Waals surface area contributed by atoms with Crippen LogP contribution in [0.2, 0.25) is 13.1 Å². The van der Waals surface area contributed by atoms with Crippen LogP contribution in [0, 0.1) is 12.0 Å². The Kier molecular flexibility index (Phi) is 15.6. The summed E-state index contributed by atoms with van der Waals surface area (Å²) in [5, 5.41) is 2.67. The van der Waals surface area contributed by atoms with E-state index in [0.717, 1.165) is 0 Å². The zero-order valence-electron chi connectivity index (χ0n) is 21.0. The van der Waals surface area contributed by atoms with Crippen molar-refractivity contribution in [3.8, 4) is 11.1 Å². The van der Waals surface area contributed by atoms with Crippen molar-refractivity contribution in [1.29, 1.82) is 0 Å². The van der Waals surface area contributed by atoms with Gasteiger partial charge in [-0.15, -0.1) is 53.6 Å². The van der Waals surface area contributed by atoms with Gasteiger partial charge in [0.1, 0.15) is 0 Å². The van der Waals surface area contributed by atoms with Crippen LogP contribution in [0.3, 0.4) is 0 Å². The van der Waals surface area contributed by atoms with Crippen molar-refractivity contribution in [1.82, 2.24) is 0 Å². The van der Waals surface area contributed by atoms with E-state index in [1.807, 2.05) is 0 Å². The van der Waals surface area contributed by atoms with Crippen LogP contribution < -0.4 is 24.8 Å². The molecule has 0 saturated carbocycles. The van der Waals surface area contributed by atoms with Crippen molar-refractivity contribution in [2.45, 2.75) is 60.6 Å². The fraction of sp³-hybridized carbons (Fsp3) is 0.345. The summed E-state index contributed by atoms with van der Waals surface area (Å²) in [7, 11) is 0. The van der Waals surface area contributed by atoms with Gasteiger partial charge in [-0.2, -0.15) is 11.1 Å². The second kappa shape index (κ2) is 16.0. The van der Waals surface area contributed by atoms with Gasteiger partial charge in [-0.25, -0.2) is 5.57 Å². The van der Waals surface area contributed by atoms with Crippen molar-refractivity contribution in [3.63, 3.8) is 0 Å². The van der Waals surface area contributed by atoms with Crippen LogP contribution in [0.15, 0.2) is 77.4 Å². The summed E-state index contributed by atoms with van der Waals surface area (Å²) in [6, 6.07) is 22.0. The molecule has 0 fully saturated rings. The van der Waals surface area contributed by atoms with Gasteiger partial charge in [0.05, 0.1) is 0 Å². The number of aryl methyl sites for hydroxylation is 1. The molecule has 0 N–H and O–H groups in total. The second-order valence-corrected chi connectivity index (χ2v) is 18.0. The summed E-state index contributed by atoms with van der Waals surface area (Å²) in [6.45, 7) is 15.5. The number of rotatable bonds is 3. The normalized spacial score (nSPS) is 14.2. The molecule has 1 aliphatic rings. The Labute approximate surface area is 229 Å². The van der Waals surface area contributed by atoms with Crippen molar-refractivity contribution in [3.05, 3.63) is 89.0 Å². The molecule has 4 heteroatoms. The van der Waals surface area contributed by atoms with E-state index >= 15 is 0 Å². The predicted octanol–water partition coefficient (Wildman–Crippen LogP) is 2.69. The molecular weight excluding hydrogens is 539 g/mol. The van der Waals surface area contributed by atoms with Crippen LogP contribution in [0.1, 0.15) is 46.6 Å². The van der Waals surface area contributed by atoms with E-state index in [2.05, 4.69) is 114 Å². The number of fused-ring (bicyclic) bond motifs is 1. The molecule has 0 aromatic heterocycles. The van der Waals surface area contributed by atoms with Crippen molar-refractivity contribution in [2.75, 3.05) is 0 Å². The average Bonchev–Trinajstić information content (AvgIpc) is 3.26. The molecule has 0 aliphatic heterocycles. The van der Waals surface area contributed by atoms with Gasteiger partial charge in [0.2, 0.25) is 0 Å². The number of benzene rings is 2. The molecule has 0 saturated heterocycles. The predicted molar refractivity (Wildman–Crippen MR) is 136 cm³/mol. The van der Waals surface area contributed by atoms with Crippen LogP contribution in [0.4, 0.5) is 0 Å². The first kappa shape index (κ1) is 32.2.